The van der Waals surface area contributed by atoms with Crippen molar-refractivity contribution in [3.05, 3.63) is 65.2 Å². The minimum absolute atomic E-state index is 0.0169. The van der Waals surface area contributed by atoms with E-state index in [4.69, 9.17) is 4.74 Å². The maximum absolute atomic E-state index is 12.3. The Labute approximate surface area is 172 Å². The molecule has 1 fully saturated rings. The number of hydrogen-bond acceptors (Lipinski definition) is 5. The second-order valence-electron chi connectivity index (χ2n) is 7.07. The second-order valence-corrected chi connectivity index (χ2v) is 7.93. The monoisotopic (exact) mass is 407 g/mol. The molecule has 0 bridgehead atoms. The number of anilines is 2. The van der Waals surface area contributed by atoms with E-state index in [1.165, 1.54) is 16.9 Å². The number of hydrogen-bond donors (Lipinski definition) is 2. The van der Waals surface area contributed by atoms with Gasteiger partial charge in [0.2, 0.25) is 11.8 Å². The third-order valence-corrected chi connectivity index (χ3v) is 5.27. The predicted molar refractivity (Wildman–Crippen MR) is 113 cm³/mol. The summed E-state index contributed by atoms with van der Waals surface area (Å²) >= 11 is 1.34. The van der Waals surface area contributed by atoms with Gasteiger partial charge in [-0.15, -0.1) is 11.3 Å². The van der Waals surface area contributed by atoms with Crippen molar-refractivity contribution in [3.63, 3.8) is 0 Å². The van der Waals surface area contributed by atoms with Crippen LogP contribution in [0.15, 0.2) is 53.9 Å². The molecule has 4 rings (SSSR count). The van der Waals surface area contributed by atoms with E-state index in [0.717, 1.165) is 18.6 Å². The molecular weight excluding hydrogens is 386 g/mol. The zero-order valence-electron chi connectivity index (χ0n) is 16.0. The quantitative estimate of drug-likeness (QED) is 0.591. The van der Waals surface area contributed by atoms with Gasteiger partial charge in [-0.05, 0) is 56.2 Å². The van der Waals surface area contributed by atoms with Crippen molar-refractivity contribution in [2.24, 2.45) is 5.92 Å². The highest BCUT2D eigenvalue weighted by Gasteiger charge is 2.30. The van der Waals surface area contributed by atoms with Gasteiger partial charge in [-0.1, -0.05) is 17.7 Å². The number of thiazole rings is 1. The van der Waals surface area contributed by atoms with Gasteiger partial charge < -0.3 is 15.4 Å². The van der Waals surface area contributed by atoms with Crippen LogP contribution in [0.4, 0.5) is 10.8 Å². The number of amides is 2. The van der Waals surface area contributed by atoms with Crippen LogP contribution in [0.1, 0.15) is 24.1 Å². The third kappa shape index (κ3) is 5.42. The molecule has 0 radical (unpaired) electrons. The topological polar surface area (TPSA) is 80.3 Å². The molecular formula is C22H21N3O3S. The summed E-state index contributed by atoms with van der Waals surface area (Å²) < 4.78 is 5.79. The van der Waals surface area contributed by atoms with Crippen molar-refractivity contribution < 1.29 is 14.3 Å². The average Bonchev–Trinajstić information content (AvgIpc) is 3.47. The molecule has 3 aromatic rings. The van der Waals surface area contributed by atoms with E-state index in [1.807, 2.05) is 43.3 Å². The summed E-state index contributed by atoms with van der Waals surface area (Å²) in [6, 6.07) is 15.0. The van der Waals surface area contributed by atoms with E-state index in [2.05, 4.69) is 15.6 Å². The van der Waals surface area contributed by atoms with E-state index in [1.54, 1.807) is 17.5 Å². The molecule has 0 saturated heterocycles. The first-order chi connectivity index (χ1) is 14.0. The number of aromatic nitrogens is 1. The first kappa shape index (κ1) is 19.1. The van der Waals surface area contributed by atoms with Crippen LogP contribution >= 0.6 is 11.3 Å². The molecule has 29 heavy (non-hydrogen) atoms. The standard InChI is InChI=1S/C22H21N3O3S/c1-14-2-8-18(9-3-14)28-19-10-6-16(7-11-19)23-20(26)12-17-13-29-22(24-17)25-21(27)15-4-5-15/h2-3,6-11,13,15H,4-5,12H2,1H3,(H,23,26)(H,24,25,27). The van der Waals surface area contributed by atoms with Crippen molar-refractivity contribution >= 4 is 34.0 Å². The lowest BCUT2D eigenvalue weighted by Gasteiger charge is -2.08. The van der Waals surface area contributed by atoms with Gasteiger partial charge in [0.15, 0.2) is 5.13 Å². The highest BCUT2D eigenvalue weighted by Crippen LogP contribution is 2.30. The summed E-state index contributed by atoms with van der Waals surface area (Å²) in [5.41, 5.74) is 2.50. The van der Waals surface area contributed by atoms with E-state index >= 15 is 0 Å². The fraction of sp³-hybridized carbons (Fsp3) is 0.227. The van der Waals surface area contributed by atoms with E-state index < -0.39 is 0 Å². The minimum Gasteiger partial charge on any atom is -0.457 e. The van der Waals surface area contributed by atoms with Gasteiger partial charge in [-0.25, -0.2) is 4.98 Å². The predicted octanol–water partition coefficient (Wildman–Crippen LogP) is 4.77. The van der Waals surface area contributed by atoms with Gasteiger partial charge in [0.1, 0.15) is 11.5 Å². The molecule has 2 aromatic carbocycles. The first-order valence-corrected chi connectivity index (χ1v) is 10.3. The van der Waals surface area contributed by atoms with Crippen LogP contribution in [-0.2, 0) is 16.0 Å². The van der Waals surface area contributed by atoms with Gasteiger partial charge >= 0.3 is 0 Å². The van der Waals surface area contributed by atoms with Crippen LogP contribution in [0.2, 0.25) is 0 Å². The molecule has 0 spiro atoms. The zero-order chi connectivity index (χ0) is 20.2. The van der Waals surface area contributed by atoms with Gasteiger partial charge in [0.05, 0.1) is 12.1 Å². The molecule has 148 valence electrons. The number of benzene rings is 2. The Kier molecular flexibility index (Phi) is 5.57. The highest BCUT2D eigenvalue weighted by molar-refractivity contribution is 7.13. The molecule has 0 atom stereocenters. The highest BCUT2D eigenvalue weighted by atomic mass is 32.1. The molecule has 1 heterocycles. The lowest BCUT2D eigenvalue weighted by molar-refractivity contribution is -0.117. The SMILES string of the molecule is Cc1ccc(Oc2ccc(NC(=O)Cc3csc(NC(=O)C4CC4)n3)cc2)cc1. The molecule has 2 amide bonds. The number of aryl methyl sites for hydroxylation is 1. The smallest absolute Gasteiger partial charge is 0.230 e. The average molecular weight is 407 g/mol. The number of carbonyl (C=O) groups excluding carboxylic acids is 2. The Morgan fingerprint density at radius 1 is 1.03 bits per heavy atom. The fourth-order valence-corrected chi connectivity index (χ4v) is 3.43. The molecule has 0 aliphatic heterocycles. The number of nitrogens with zero attached hydrogens (tertiary/aromatic N) is 1. The van der Waals surface area contributed by atoms with Gasteiger partial charge in [0.25, 0.3) is 0 Å². The van der Waals surface area contributed by atoms with E-state index in [0.29, 0.717) is 22.3 Å². The lowest BCUT2D eigenvalue weighted by atomic mass is 10.2. The van der Waals surface area contributed by atoms with Crippen molar-refractivity contribution in [1.82, 2.24) is 4.98 Å². The van der Waals surface area contributed by atoms with Crippen LogP contribution in [0.3, 0.4) is 0 Å². The minimum atomic E-state index is -0.164. The summed E-state index contributed by atoms with van der Waals surface area (Å²) in [6.45, 7) is 2.03. The summed E-state index contributed by atoms with van der Waals surface area (Å²) in [4.78, 5) is 28.4. The Morgan fingerprint density at radius 2 is 1.69 bits per heavy atom. The normalized spacial score (nSPS) is 13.0. The Balaban J connectivity index is 1.28. The van der Waals surface area contributed by atoms with Crippen LogP contribution in [0.5, 0.6) is 11.5 Å². The van der Waals surface area contributed by atoms with E-state index in [9.17, 15) is 9.59 Å². The Bertz CT molecular complexity index is 1010. The van der Waals surface area contributed by atoms with Crippen LogP contribution in [-0.4, -0.2) is 16.8 Å². The molecule has 1 saturated carbocycles. The zero-order valence-corrected chi connectivity index (χ0v) is 16.8. The Hall–Kier alpha value is -3.19. The lowest BCUT2D eigenvalue weighted by Crippen LogP contribution is -2.15. The number of nitrogens with one attached hydrogen (secondary N) is 2. The molecule has 1 aliphatic carbocycles. The first-order valence-electron chi connectivity index (χ1n) is 9.45. The number of rotatable bonds is 7. The van der Waals surface area contributed by atoms with Crippen LogP contribution in [0.25, 0.3) is 0 Å². The molecule has 1 aliphatic rings. The molecule has 6 nitrogen and oxygen atoms in total. The van der Waals surface area contributed by atoms with Crippen molar-refractivity contribution in [2.75, 3.05) is 10.6 Å². The summed E-state index contributed by atoms with van der Waals surface area (Å²) in [6.07, 6.45) is 2.04. The molecule has 1 aromatic heterocycles. The van der Waals surface area contributed by atoms with Gasteiger partial charge in [-0.2, -0.15) is 0 Å². The number of ether oxygens (including phenoxy) is 1. The summed E-state index contributed by atoms with van der Waals surface area (Å²) in [7, 11) is 0. The number of carbonyl (C=O) groups is 2. The van der Waals surface area contributed by atoms with Crippen molar-refractivity contribution in [2.45, 2.75) is 26.2 Å². The van der Waals surface area contributed by atoms with Crippen molar-refractivity contribution in [3.8, 4) is 11.5 Å². The maximum atomic E-state index is 12.3. The molecule has 0 unspecified atom stereocenters. The van der Waals surface area contributed by atoms with E-state index in [-0.39, 0.29) is 24.2 Å². The third-order valence-electron chi connectivity index (χ3n) is 4.47. The molecule has 2 N–H and O–H groups in total. The Morgan fingerprint density at radius 3 is 2.34 bits per heavy atom. The summed E-state index contributed by atoms with van der Waals surface area (Å²) in [5.74, 6) is 1.44. The summed E-state index contributed by atoms with van der Waals surface area (Å²) in [5, 5.41) is 7.99. The van der Waals surface area contributed by atoms with Crippen LogP contribution in [0, 0.1) is 12.8 Å². The van der Waals surface area contributed by atoms with Gasteiger partial charge in [0, 0.05) is 17.0 Å². The fourth-order valence-electron chi connectivity index (χ4n) is 2.72. The second kappa shape index (κ2) is 8.45. The van der Waals surface area contributed by atoms with Gasteiger partial charge in [-0.3, -0.25) is 9.59 Å². The largest absolute Gasteiger partial charge is 0.457 e. The molecule has 7 heteroatoms. The van der Waals surface area contributed by atoms with Crippen LogP contribution < -0.4 is 15.4 Å². The maximum Gasteiger partial charge on any atom is 0.230 e. The van der Waals surface area contributed by atoms with Crippen molar-refractivity contribution in [1.29, 1.82) is 0 Å².